The van der Waals surface area contributed by atoms with Crippen molar-refractivity contribution in [3.8, 4) is 11.3 Å². The number of nitrogens with zero attached hydrogens (tertiary/aromatic N) is 2. The quantitative estimate of drug-likeness (QED) is 0.863. The first-order valence-corrected chi connectivity index (χ1v) is 6.84. The number of amides is 1. The van der Waals surface area contributed by atoms with Gasteiger partial charge in [-0.2, -0.15) is 0 Å². The summed E-state index contributed by atoms with van der Waals surface area (Å²) >= 11 is 0. The van der Waals surface area contributed by atoms with E-state index >= 15 is 0 Å². The molecule has 1 aliphatic heterocycles. The number of hydrogen-bond donors (Lipinski definition) is 1. The van der Waals surface area contributed by atoms with Crippen LogP contribution in [0, 0.1) is 0 Å². The molecule has 0 aliphatic carbocycles. The molecule has 3 rings (SSSR count). The van der Waals surface area contributed by atoms with Crippen molar-refractivity contribution in [1.82, 2.24) is 14.5 Å². The summed E-state index contributed by atoms with van der Waals surface area (Å²) in [5.41, 5.74) is 1.87. The molecule has 0 bridgehead atoms. The Kier molecular flexibility index (Phi) is 3.41. The van der Waals surface area contributed by atoms with Gasteiger partial charge in [0.15, 0.2) is 0 Å². The highest BCUT2D eigenvalue weighted by atomic mass is 16.1. The summed E-state index contributed by atoms with van der Waals surface area (Å²) in [6.45, 7) is 1.42. The molecular formula is C15H17N3O2. The molecular weight excluding hydrogens is 254 g/mol. The standard InChI is InChI=1S/C15H17N3O2/c19-11-17-8-6-13(7-9-17)18-14(10-16-15(18)20)12-4-2-1-3-5-12/h1-5,10-11,13H,6-9H2,(H,16,20). The molecule has 1 aromatic heterocycles. The Hall–Kier alpha value is -2.30. The fourth-order valence-electron chi connectivity index (χ4n) is 2.82. The molecule has 0 spiro atoms. The summed E-state index contributed by atoms with van der Waals surface area (Å²) in [7, 11) is 0. The summed E-state index contributed by atoms with van der Waals surface area (Å²) in [6.07, 6.45) is 4.28. The van der Waals surface area contributed by atoms with E-state index in [1.807, 2.05) is 34.9 Å². The number of likely N-dealkylation sites (tertiary alicyclic amines) is 1. The molecule has 104 valence electrons. The fraction of sp³-hybridized carbons (Fsp3) is 0.333. The molecule has 5 nitrogen and oxygen atoms in total. The van der Waals surface area contributed by atoms with Crippen molar-refractivity contribution in [2.75, 3.05) is 13.1 Å². The number of hydrogen-bond acceptors (Lipinski definition) is 2. The van der Waals surface area contributed by atoms with Crippen LogP contribution >= 0.6 is 0 Å². The van der Waals surface area contributed by atoms with Crippen LogP contribution < -0.4 is 5.69 Å². The lowest BCUT2D eigenvalue weighted by atomic mass is 10.0. The van der Waals surface area contributed by atoms with E-state index in [9.17, 15) is 9.59 Å². The van der Waals surface area contributed by atoms with Gasteiger partial charge in [-0.1, -0.05) is 30.3 Å². The highest BCUT2D eigenvalue weighted by Crippen LogP contribution is 2.26. The molecule has 0 atom stereocenters. The van der Waals surface area contributed by atoms with Gasteiger partial charge in [0.05, 0.1) is 5.69 Å². The molecule has 2 heterocycles. The number of nitrogens with one attached hydrogen (secondary N) is 1. The SMILES string of the molecule is O=CN1CCC(n2c(-c3ccccc3)c[nH]c2=O)CC1. The van der Waals surface area contributed by atoms with E-state index in [4.69, 9.17) is 0 Å². The van der Waals surface area contributed by atoms with Crippen LogP contribution in [0.15, 0.2) is 41.3 Å². The molecule has 1 aromatic carbocycles. The van der Waals surface area contributed by atoms with E-state index in [-0.39, 0.29) is 11.7 Å². The highest BCUT2D eigenvalue weighted by Gasteiger charge is 2.23. The first-order chi connectivity index (χ1) is 9.79. The largest absolute Gasteiger partial charge is 0.345 e. The molecule has 5 heteroatoms. The summed E-state index contributed by atoms with van der Waals surface area (Å²) in [4.78, 5) is 27.4. The van der Waals surface area contributed by atoms with Crippen LogP contribution in [0.3, 0.4) is 0 Å². The van der Waals surface area contributed by atoms with Gasteiger partial charge in [-0.3, -0.25) is 9.36 Å². The van der Waals surface area contributed by atoms with Gasteiger partial charge >= 0.3 is 5.69 Å². The lowest BCUT2D eigenvalue weighted by Crippen LogP contribution is -2.36. The third kappa shape index (κ3) is 2.27. The number of benzene rings is 1. The van der Waals surface area contributed by atoms with Crippen molar-refractivity contribution in [3.63, 3.8) is 0 Å². The summed E-state index contributed by atoms with van der Waals surface area (Å²) in [6, 6.07) is 10.0. The lowest BCUT2D eigenvalue weighted by Gasteiger charge is -2.30. The average molecular weight is 271 g/mol. The maximum atomic E-state index is 12.1. The normalized spacial score (nSPS) is 16.3. The zero-order valence-electron chi connectivity index (χ0n) is 11.2. The number of piperidine rings is 1. The minimum absolute atomic E-state index is 0.0755. The number of rotatable bonds is 3. The molecule has 1 N–H and O–H groups in total. The molecule has 0 unspecified atom stereocenters. The van der Waals surface area contributed by atoms with Crippen LogP contribution in [0.4, 0.5) is 0 Å². The zero-order chi connectivity index (χ0) is 13.9. The fourth-order valence-corrected chi connectivity index (χ4v) is 2.82. The van der Waals surface area contributed by atoms with Crippen LogP contribution in [0.1, 0.15) is 18.9 Å². The third-order valence-corrected chi connectivity index (χ3v) is 3.89. The molecule has 1 amide bonds. The Morgan fingerprint density at radius 1 is 1.15 bits per heavy atom. The number of imidazole rings is 1. The maximum absolute atomic E-state index is 12.1. The van der Waals surface area contributed by atoms with Crippen molar-refractivity contribution < 1.29 is 4.79 Å². The topological polar surface area (TPSA) is 58.1 Å². The number of carbonyl (C=O) groups excluding carboxylic acids is 1. The minimum Gasteiger partial charge on any atom is -0.345 e. The summed E-state index contributed by atoms with van der Waals surface area (Å²) < 4.78 is 1.83. The molecule has 2 aromatic rings. The van der Waals surface area contributed by atoms with Crippen LogP contribution in [0.25, 0.3) is 11.3 Å². The number of aromatic amines is 1. The van der Waals surface area contributed by atoms with Gasteiger partial charge in [-0.25, -0.2) is 4.79 Å². The van der Waals surface area contributed by atoms with Gasteiger partial charge in [-0.05, 0) is 18.4 Å². The second kappa shape index (κ2) is 5.36. The first kappa shape index (κ1) is 12.7. The zero-order valence-corrected chi connectivity index (χ0v) is 11.2. The average Bonchev–Trinajstić information content (AvgIpc) is 2.90. The van der Waals surface area contributed by atoms with Crippen LogP contribution in [-0.4, -0.2) is 34.0 Å². The summed E-state index contributed by atoms with van der Waals surface area (Å²) in [5, 5.41) is 0. The maximum Gasteiger partial charge on any atom is 0.326 e. The van der Waals surface area contributed by atoms with E-state index in [1.165, 1.54) is 0 Å². The van der Waals surface area contributed by atoms with Gasteiger partial charge < -0.3 is 9.88 Å². The van der Waals surface area contributed by atoms with Crippen molar-refractivity contribution in [2.45, 2.75) is 18.9 Å². The van der Waals surface area contributed by atoms with Gasteiger partial charge in [0, 0.05) is 25.3 Å². The lowest BCUT2D eigenvalue weighted by molar-refractivity contribution is -0.119. The van der Waals surface area contributed by atoms with Crippen molar-refractivity contribution in [3.05, 3.63) is 47.0 Å². The Labute approximate surface area is 116 Å². The second-order valence-corrected chi connectivity index (χ2v) is 5.09. The van der Waals surface area contributed by atoms with E-state index in [0.29, 0.717) is 13.1 Å². The summed E-state index contributed by atoms with van der Waals surface area (Å²) in [5.74, 6) is 0. The van der Waals surface area contributed by atoms with Crippen LogP contribution in [0.2, 0.25) is 0 Å². The van der Waals surface area contributed by atoms with Gasteiger partial charge in [-0.15, -0.1) is 0 Å². The van der Waals surface area contributed by atoms with Gasteiger partial charge in [0.1, 0.15) is 0 Å². The van der Waals surface area contributed by atoms with Crippen LogP contribution in [-0.2, 0) is 4.79 Å². The molecule has 0 saturated carbocycles. The predicted molar refractivity (Wildman–Crippen MR) is 76.4 cm³/mol. The van der Waals surface area contributed by atoms with E-state index in [2.05, 4.69) is 4.98 Å². The molecule has 1 fully saturated rings. The predicted octanol–water partition coefficient (Wildman–Crippen LogP) is 1.64. The smallest absolute Gasteiger partial charge is 0.326 e. The van der Waals surface area contributed by atoms with E-state index in [1.54, 1.807) is 11.1 Å². The second-order valence-electron chi connectivity index (χ2n) is 5.09. The first-order valence-electron chi connectivity index (χ1n) is 6.84. The van der Waals surface area contributed by atoms with Gasteiger partial charge in [0.25, 0.3) is 0 Å². The number of H-pyrrole nitrogens is 1. The molecule has 1 saturated heterocycles. The number of aromatic nitrogens is 2. The molecule has 20 heavy (non-hydrogen) atoms. The highest BCUT2D eigenvalue weighted by molar-refractivity contribution is 5.58. The minimum atomic E-state index is -0.0755. The van der Waals surface area contributed by atoms with Crippen molar-refractivity contribution in [1.29, 1.82) is 0 Å². The Morgan fingerprint density at radius 3 is 2.50 bits per heavy atom. The Bertz CT molecular complexity index is 637. The molecule has 0 radical (unpaired) electrons. The van der Waals surface area contributed by atoms with Crippen molar-refractivity contribution >= 4 is 6.41 Å². The Morgan fingerprint density at radius 2 is 1.85 bits per heavy atom. The third-order valence-electron chi connectivity index (χ3n) is 3.89. The van der Waals surface area contributed by atoms with Crippen LogP contribution in [0.5, 0.6) is 0 Å². The monoisotopic (exact) mass is 271 g/mol. The van der Waals surface area contributed by atoms with E-state index < -0.39 is 0 Å². The van der Waals surface area contributed by atoms with Crippen molar-refractivity contribution in [2.24, 2.45) is 0 Å². The van der Waals surface area contributed by atoms with Gasteiger partial charge in [0.2, 0.25) is 6.41 Å². The Balaban J connectivity index is 1.93. The molecule has 1 aliphatic rings. The number of carbonyl (C=O) groups is 1. The van der Waals surface area contributed by atoms with E-state index in [0.717, 1.165) is 30.5 Å².